The molecule has 0 saturated heterocycles. The molecule has 106 valence electrons. The number of benzene rings is 2. The highest BCUT2D eigenvalue weighted by Gasteiger charge is 2.07. The molecule has 0 amide bonds. The summed E-state index contributed by atoms with van der Waals surface area (Å²) >= 11 is 6.00. The summed E-state index contributed by atoms with van der Waals surface area (Å²) in [5.41, 5.74) is 1.54. The van der Waals surface area contributed by atoms with Crippen LogP contribution in [0.15, 0.2) is 36.4 Å². The molecule has 0 aromatic heterocycles. The topological polar surface area (TPSA) is 21.3 Å². The van der Waals surface area contributed by atoms with Gasteiger partial charge in [-0.1, -0.05) is 24.6 Å². The second kappa shape index (κ2) is 6.73. The van der Waals surface area contributed by atoms with Crippen LogP contribution < -0.4 is 10.1 Å². The van der Waals surface area contributed by atoms with Crippen molar-refractivity contribution in [3.05, 3.63) is 58.4 Å². The van der Waals surface area contributed by atoms with Crippen LogP contribution in [0.3, 0.4) is 0 Å². The Hall–Kier alpha value is -1.58. The van der Waals surface area contributed by atoms with E-state index in [1.54, 1.807) is 31.2 Å². The molecule has 0 aliphatic rings. The molecule has 0 atom stereocenters. The van der Waals surface area contributed by atoms with Gasteiger partial charge in [-0.2, -0.15) is 0 Å². The molecule has 0 radical (unpaired) electrons. The number of rotatable bonds is 5. The first-order chi connectivity index (χ1) is 9.60. The highest BCUT2D eigenvalue weighted by atomic mass is 35.5. The Labute approximate surface area is 123 Å². The van der Waals surface area contributed by atoms with E-state index in [1.807, 2.05) is 13.0 Å². The number of halogens is 2. The Morgan fingerprint density at radius 1 is 1.20 bits per heavy atom. The van der Waals surface area contributed by atoms with Crippen molar-refractivity contribution in [1.29, 1.82) is 0 Å². The fourth-order valence-electron chi connectivity index (χ4n) is 1.81. The molecule has 1 N–H and O–H groups in total. The highest BCUT2D eigenvalue weighted by molar-refractivity contribution is 6.30. The summed E-state index contributed by atoms with van der Waals surface area (Å²) in [4.78, 5) is 0. The van der Waals surface area contributed by atoms with Crippen LogP contribution in [-0.4, -0.2) is 6.54 Å². The molecule has 0 bridgehead atoms. The number of hydrogen-bond acceptors (Lipinski definition) is 2. The molecule has 0 spiro atoms. The van der Waals surface area contributed by atoms with Crippen molar-refractivity contribution >= 4 is 11.6 Å². The summed E-state index contributed by atoms with van der Waals surface area (Å²) in [5, 5.41) is 3.88. The van der Waals surface area contributed by atoms with Crippen molar-refractivity contribution in [2.75, 3.05) is 6.54 Å². The molecule has 20 heavy (non-hydrogen) atoms. The standard InChI is InChI=1S/C16H17ClFNO/c1-3-19-10-12-8-13(17)5-7-16(12)20-14-6-4-11(2)15(18)9-14/h4-9,19H,3,10H2,1-2H3. The van der Waals surface area contributed by atoms with Crippen LogP contribution in [0.2, 0.25) is 5.02 Å². The Kier molecular flexibility index (Phi) is 4.99. The van der Waals surface area contributed by atoms with E-state index in [1.165, 1.54) is 6.07 Å². The molecule has 4 heteroatoms. The van der Waals surface area contributed by atoms with Crippen molar-refractivity contribution in [2.24, 2.45) is 0 Å². The van der Waals surface area contributed by atoms with E-state index in [4.69, 9.17) is 16.3 Å². The van der Waals surface area contributed by atoms with Gasteiger partial charge in [-0.25, -0.2) is 4.39 Å². The van der Waals surface area contributed by atoms with E-state index in [9.17, 15) is 4.39 Å². The van der Waals surface area contributed by atoms with Crippen LogP contribution in [0.4, 0.5) is 4.39 Å². The minimum Gasteiger partial charge on any atom is -0.457 e. The van der Waals surface area contributed by atoms with Crippen molar-refractivity contribution in [2.45, 2.75) is 20.4 Å². The summed E-state index contributed by atoms with van der Waals surface area (Å²) in [6.07, 6.45) is 0. The van der Waals surface area contributed by atoms with Crippen molar-refractivity contribution < 1.29 is 9.13 Å². The van der Waals surface area contributed by atoms with Gasteiger partial charge in [0.15, 0.2) is 0 Å². The fourth-order valence-corrected chi connectivity index (χ4v) is 2.00. The molecule has 0 saturated carbocycles. The van der Waals surface area contributed by atoms with Gasteiger partial charge in [0.25, 0.3) is 0 Å². The first-order valence-corrected chi connectivity index (χ1v) is 6.91. The van der Waals surface area contributed by atoms with Crippen LogP contribution in [0.25, 0.3) is 0 Å². The Morgan fingerprint density at radius 3 is 2.70 bits per heavy atom. The second-order valence-electron chi connectivity index (χ2n) is 4.55. The van der Waals surface area contributed by atoms with Crippen molar-refractivity contribution in [1.82, 2.24) is 5.32 Å². The second-order valence-corrected chi connectivity index (χ2v) is 4.98. The third kappa shape index (κ3) is 3.71. The molecular weight excluding hydrogens is 277 g/mol. The summed E-state index contributed by atoms with van der Waals surface area (Å²) in [6, 6.07) is 10.3. The number of ether oxygens (including phenoxy) is 1. The van der Waals surface area contributed by atoms with E-state index in [2.05, 4.69) is 5.32 Å². The minimum atomic E-state index is -0.273. The zero-order valence-electron chi connectivity index (χ0n) is 11.5. The zero-order valence-corrected chi connectivity index (χ0v) is 12.3. The van der Waals surface area contributed by atoms with Gasteiger partial charge in [-0.05, 0) is 43.3 Å². The summed E-state index contributed by atoms with van der Waals surface area (Å²) in [5.74, 6) is 0.886. The van der Waals surface area contributed by atoms with Gasteiger partial charge < -0.3 is 10.1 Å². The van der Waals surface area contributed by atoms with Crippen molar-refractivity contribution in [3.8, 4) is 11.5 Å². The Morgan fingerprint density at radius 2 is 2.00 bits per heavy atom. The third-order valence-electron chi connectivity index (χ3n) is 2.96. The summed E-state index contributed by atoms with van der Waals surface area (Å²) in [6.45, 7) is 5.25. The lowest BCUT2D eigenvalue weighted by molar-refractivity contribution is 0.467. The molecule has 2 aromatic rings. The SMILES string of the molecule is CCNCc1cc(Cl)ccc1Oc1ccc(C)c(F)c1. The number of hydrogen-bond donors (Lipinski definition) is 1. The predicted molar refractivity (Wildman–Crippen MR) is 80.0 cm³/mol. The third-order valence-corrected chi connectivity index (χ3v) is 3.19. The Balaban J connectivity index is 2.25. The van der Waals surface area contributed by atoms with Gasteiger partial charge in [0.05, 0.1) is 0 Å². The maximum Gasteiger partial charge on any atom is 0.132 e. The van der Waals surface area contributed by atoms with Crippen LogP contribution in [0.5, 0.6) is 11.5 Å². The Bertz CT molecular complexity index is 601. The molecule has 2 nitrogen and oxygen atoms in total. The number of aryl methyl sites for hydroxylation is 1. The van der Waals surface area contributed by atoms with E-state index in [0.29, 0.717) is 28.6 Å². The molecule has 0 fully saturated rings. The normalized spacial score (nSPS) is 10.6. The van der Waals surface area contributed by atoms with Crippen LogP contribution >= 0.6 is 11.6 Å². The minimum absolute atomic E-state index is 0.273. The van der Waals surface area contributed by atoms with Gasteiger partial charge in [-0.15, -0.1) is 0 Å². The van der Waals surface area contributed by atoms with Crippen molar-refractivity contribution in [3.63, 3.8) is 0 Å². The van der Waals surface area contributed by atoms with E-state index < -0.39 is 0 Å². The molecule has 0 aliphatic carbocycles. The van der Waals surface area contributed by atoms with E-state index >= 15 is 0 Å². The first-order valence-electron chi connectivity index (χ1n) is 6.53. The molecule has 0 aliphatic heterocycles. The quantitative estimate of drug-likeness (QED) is 0.863. The maximum absolute atomic E-state index is 13.5. The maximum atomic E-state index is 13.5. The van der Waals surface area contributed by atoms with Gasteiger partial charge >= 0.3 is 0 Å². The van der Waals surface area contributed by atoms with Crippen LogP contribution in [-0.2, 0) is 6.54 Å². The summed E-state index contributed by atoms with van der Waals surface area (Å²) in [7, 11) is 0. The summed E-state index contributed by atoms with van der Waals surface area (Å²) < 4.78 is 19.3. The first kappa shape index (κ1) is 14.8. The average Bonchev–Trinajstić information content (AvgIpc) is 2.43. The monoisotopic (exact) mass is 293 g/mol. The average molecular weight is 294 g/mol. The molecule has 0 unspecified atom stereocenters. The van der Waals surface area contributed by atoms with Crippen LogP contribution in [0.1, 0.15) is 18.1 Å². The lowest BCUT2D eigenvalue weighted by atomic mass is 10.2. The molecule has 0 heterocycles. The zero-order chi connectivity index (χ0) is 14.5. The van der Waals surface area contributed by atoms with E-state index in [-0.39, 0.29) is 5.82 Å². The van der Waals surface area contributed by atoms with Gasteiger partial charge in [0.1, 0.15) is 17.3 Å². The highest BCUT2D eigenvalue weighted by Crippen LogP contribution is 2.28. The largest absolute Gasteiger partial charge is 0.457 e. The lowest BCUT2D eigenvalue weighted by Crippen LogP contribution is -2.12. The molecule has 2 rings (SSSR count). The predicted octanol–water partition coefficient (Wildman–Crippen LogP) is 4.69. The molecular formula is C16H17ClFNO. The molecule has 2 aromatic carbocycles. The van der Waals surface area contributed by atoms with Crippen LogP contribution in [0, 0.1) is 12.7 Å². The van der Waals surface area contributed by atoms with Gasteiger partial charge in [0, 0.05) is 23.2 Å². The van der Waals surface area contributed by atoms with Gasteiger partial charge in [0.2, 0.25) is 0 Å². The van der Waals surface area contributed by atoms with Gasteiger partial charge in [-0.3, -0.25) is 0 Å². The smallest absolute Gasteiger partial charge is 0.132 e. The fraction of sp³-hybridized carbons (Fsp3) is 0.250. The number of nitrogens with one attached hydrogen (secondary N) is 1. The van der Waals surface area contributed by atoms with E-state index in [0.717, 1.165) is 12.1 Å². The lowest BCUT2D eigenvalue weighted by Gasteiger charge is -2.12.